The van der Waals surface area contributed by atoms with Gasteiger partial charge in [-0.25, -0.2) is 0 Å². The maximum atomic E-state index is 11.4. The van der Waals surface area contributed by atoms with E-state index in [1.165, 1.54) is 0 Å². The smallest absolute Gasteiger partial charge is 0.162 e. The highest BCUT2D eigenvalue weighted by molar-refractivity contribution is 7.80. The first kappa shape index (κ1) is 10.6. The SMILES string of the molecule is CCC(=O)c1cc(S)cc(CCl)c1. The number of benzene rings is 1. The van der Waals surface area contributed by atoms with E-state index in [1.807, 2.05) is 19.1 Å². The molecule has 70 valence electrons. The van der Waals surface area contributed by atoms with E-state index in [4.69, 9.17) is 11.6 Å². The molecule has 0 aliphatic carbocycles. The number of halogens is 1. The van der Waals surface area contributed by atoms with Gasteiger partial charge in [-0.1, -0.05) is 6.92 Å². The minimum atomic E-state index is 0.127. The molecule has 1 aromatic carbocycles. The Kier molecular flexibility index (Phi) is 3.82. The largest absolute Gasteiger partial charge is 0.294 e. The molecule has 0 atom stereocenters. The van der Waals surface area contributed by atoms with E-state index in [0.29, 0.717) is 17.9 Å². The maximum Gasteiger partial charge on any atom is 0.162 e. The lowest BCUT2D eigenvalue weighted by atomic mass is 10.1. The van der Waals surface area contributed by atoms with Crippen LogP contribution in [0.1, 0.15) is 29.3 Å². The van der Waals surface area contributed by atoms with Crippen molar-refractivity contribution >= 4 is 30.0 Å². The number of rotatable bonds is 3. The molecule has 0 fully saturated rings. The van der Waals surface area contributed by atoms with Crippen LogP contribution in [-0.4, -0.2) is 5.78 Å². The van der Waals surface area contributed by atoms with Crippen LogP contribution < -0.4 is 0 Å². The number of carbonyl (C=O) groups excluding carboxylic acids is 1. The van der Waals surface area contributed by atoms with Gasteiger partial charge in [0.05, 0.1) is 0 Å². The molecule has 13 heavy (non-hydrogen) atoms. The van der Waals surface area contributed by atoms with E-state index in [9.17, 15) is 4.79 Å². The average molecular weight is 215 g/mol. The summed E-state index contributed by atoms with van der Waals surface area (Å²) in [6.07, 6.45) is 0.513. The third kappa shape index (κ3) is 2.75. The highest BCUT2D eigenvalue weighted by Gasteiger charge is 2.04. The van der Waals surface area contributed by atoms with Gasteiger partial charge in [-0.05, 0) is 23.8 Å². The molecule has 0 spiro atoms. The van der Waals surface area contributed by atoms with Crippen LogP contribution in [0, 0.1) is 0 Å². The summed E-state index contributed by atoms with van der Waals surface area (Å²) in [6, 6.07) is 5.45. The number of hydrogen-bond acceptors (Lipinski definition) is 2. The molecule has 0 radical (unpaired) electrons. The van der Waals surface area contributed by atoms with Crippen molar-refractivity contribution in [2.24, 2.45) is 0 Å². The Morgan fingerprint density at radius 1 is 1.46 bits per heavy atom. The number of hydrogen-bond donors (Lipinski definition) is 1. The lowest BCUT2D eigenvalue weighted by Gasteiger charge is -2.02. The molecule has 1 rings (SSSR count). The van der Waals surface area contributed by atoms with Crippen LogP contribution in [0.4, 0.5) is 0 Å². The van der Waals surface area contributed by atoms with Crippen molar-refractivity contribution in [3.8, 4) is 0 Å². The van der Waals surface area contributed by atoms with Gasteiger partial charge in [0.25, 0.3) is 0 Å². The zero-order valence-electron chi connectivity index (χ0n) is 7.38. The lowest BCUT2D eigenvalue weighted by molar-refractivity contribution is 0.0988. The number of thiol groups is 1. The fourth-order valence-corrected chi connectivity index (χ4v) is 1.58. The molecule has 0 heterocycles. The third-order valence-corrected chi connectivity index (χ3v) is 2.34. The van der Waals surface area contributed by atoms with Gasteiger partial charge < -0.3 is 0 Å². The van der Waals surface area contributed by atoms with Gasteiger partial charge in [-0.3, -0.25) is 4.79 Å². The molecule has 0 aliphatic heterocycles. The van der Waals surface area contributed by atoms with Crippen molar-refractivity contribution in [2.45, 2.75) is 24.1 Å². The minimum absolute atomic E-state index is 0.127. The summed E-state index contributed by atoms with van der Waals surface area (Å²) in [7, 11) is 0. The number of carbonyl (C=O) groups is 1. The monoisotopic (exact) mass is 214 g/mol. The Labute approximate surface area is 88.5 Å². The van der Waals surface area contributed by atoms with Crippen LogP contribution in [0.15, 0.2) is 23.1 Å². The van der Waals surface area contributed by atoms with Crippen LogP contribution in [-0.2, 0) is 5.88 Å². The quantitative estimate of drug-likeness (QED) is 0.464. The van der Waals surface area contributed by atoms with Crippen LogP contribution in [0.25, 0.3) is 0 Å². The number of ketones is 1. The van der Waals surface area contributed by atoms with Gasteiger partial charge in [-0.2, -0.15) is 0 Å². The van der Waals surface area contributed by atoms with Crippen molar-refractivity contribution in [2.75, 3.05) is 0 Å². The normalized spacial score (nSPS) is 10.1. The van der Waals surface area contributed by atoms with Gasteiger partial charge in [0.15, 0.2) is 5.78 Å². The Balaban J connectivity index is 3.08. The molecule has 0 aliphatic rings. The topological polar surface area (TPSA) is 17.1 Å². The van der Waals surface area contributed by atoms with Crippen molar-refractivity contribution in [1.82, 2.24) is 0 Å². The summed E-state index contributed by atoms with van der Waals surface area (Å²) in [5.41, 5.74) is 1.64. The van der Waals surface area contributed by atoms with E-state index in [2.05, 4.69) is 12.6 Å². The number of alkyl halides is 1. The molecule has 0 saturated carbocycles. The molecule has 0 aromatic heterocycles. The Morgan fingerprint density at radius 2 is 2.15 bits per heavy atom. The second kappa shape index (κ2) is 4.68. The second-order valence-electron chi connectivity index (χ2n) is 2.80. The van der Waals surface area contributed by atoms with Crippen molar-refractivity contribution in [3.05, 3.63) is 29.3 Å². The molecule has 0 unspecified atom stereocenters. The van der Waals surface area contributed by atoms with Crippen LogP contribution in [0.5, 0.6) is 0 Å². The molecular formula is C10H11ClOS. The Hall–Kier alpha value is -0.470. The molecule has 1 nitrogen and oxygen atoms in total. The Bertz CT molecular complexity index is 323. The highest BCUT2D eigenvalue weighted by atomic mass is 35.5. The van der Waals surface area contributed by atoms with Crippen molar-refractivity contribution in [3.63, 3.8) is 0 Å². The van der Waals surface area contributed by atoms with E-state index in [-0.39, 0.29) is 5.78 Å². The van der Waals surface area contributed by atoms with Gasteiger partial charge >= 0.3 is 0 Å². The summed E-state index contributed by atoms with van der Waals surface area (Å²) in [6.45, 7) is 1.84. The number of Topliss-reactive ketones (excluding diaryl/α,β-unsaturated/α-hetero) is 1. The maximum absolute atomic E-state index is 11.4. The molecule has 0 bridgehead atoms. The van der Waals surface area contributed by atoms with Crippen LogP contribution in [0.3, 0.4) is 0 Å². The first-order valence-corrected chi connectivity index (χ1v) is 5.07. The van der Waals surface area contributed by atoms with Gasteiger partial charge in [0.1, 0.15) is 0 Å². The summed E-state index contributed by atoms with van der Waals surface area (Å²) >= 11 is 9.87. The zero-order chi connectivity index (χ0) is 9.84. The predicted octanol–water partition coefficient (Wildman–Crippen LogP) is 3.31. The summed E-state index contributed by atoms with van der Waals surface area (Å²) in [4.78, 5) is 12.1. The first-order chi connectivity index (χ1) is 6.17. The molecule has 0 saturated heterocycles. The average Bonchev–Trinajstić information content (AvgIpc) is 2.15. The van der Waals surface area contributed by atoms with Gasteiger partial charge in [-0.15, -0.1) is 24.2 Å². The fraction of sp³-hybridized carbons (Fsp3) is 0.300. The van der Waals surface area contributed by atoms with Crippen LogP contribution in [0.2, 0.25) is 0 Å². The second-order valence-corrected chi connectivity index (χ2v) is 3.58. The predicted molar refractivity (Wildman–Crippen MR) is 57.9 cm³/mol. The van der Waals surface area contributed by atoms with Gasteiger partial charge in [0.2, 0.25) is 0 Å². The minimum Gasteiger partial charge on any atom is -0.294 e. The van der Waals surface area contributed by atoms with E-state index < -0.39 is 0 Å². The fourth-order valence-electron chi connectivity index (χ4n) is 1.12. The third-order valence-electron chi connectivity index (χ3n) is 1.77. The Morgan fingerprint density at radius 3 is 2.69 bits per heavy atom. The van der Waals surface area contributed by atoms with Crippen molar-refractivity contribution in [1.29, 1.82) is 0 Å². The summed E-state index contributed by atoms with van der Waals surface area (Å²) in [5, 5.41) is 0. The van der Waals surface area contributed by atoms with E-state index in [1.54, 1.807) is 6.07 Å². The van der Waals surface area contributed by atoms with Gasteiger partial charge in [0, 0.05) is 22.8 Å². The summed E-state index contributed by atoms with van der Waals surface area (Å²) in [5.74, 6) is 0.542. The lowest BCUT2D eigenvalue weighted by Crippen LogP contribution is -1.97. The van der Waals surface area contributed by atoms with Crippen molar-refractivity contribution < 1.29 is 4.79 Å². The van der Waals surface area contributed by atoms with E-state index in [0.717, 1.165) is 10.5 Å². The van der Waals surface area contributed by atoms with Crippen LogP contribution >= 0.6 is 24.2 Å². The zero-order valence-corrected chi connectivity index (χ0v) is 9.03. The molecule has 0 amide bonds. The molecular weight excluding hydrogens is 204 g/mol. The highest BCUT2D eigenvalue weighted by Crippen LogP contribution is 2.16. The molecule has 0 N–H and O–H groups in total. The standard InChI is InChI=1S/C10H11ClOS/c1-2-10(12)8-3-7(6-11)4-9(13)5-8/h3-5,13H,2,6H2,1H3. The molecule has 3 heteroatoms. The van der Waals surface area contributed by atoms with E-state index >= 15 is 0 Å². The first-order valence-electron chi connectivity index (χ1n) is 4.09. The summed E-state index contributed by atoms with van der Waals surface area (Å²) < 4.78 is 0. The molecule has 1 aromatic rings.